The summed E-state index contributed by atoms with van der Waals surface area (Å²) in [4.78, 5) is 38.4. The van der Waals surface area contributed by atoms with Crippen LogP contribution in [0.3, 0.4) is 0 Å². The molecule has 6 nitrogen and oxygen atoms in total. The normalized spacial score (nSPS) is 12.3. The van der Waals surface area contributed by atoms with Gasteiger partial charge in [0.25, 0.3) is 0 Å². The molecule has 0 aliphatic heterocycles. The van der Waals surface area contributed by atoms with Crippen LogP contribution in [0.1, 0.15) is 393 Å². The lowest BCUT2D eigenvalue weighted by Crippen LogP contribution is -2.30. The number of unbranched alkanes of at least 4 members (excludes halogenated alkanes) is 48. The van der Waals surface area contributed by atoms with Gasteiger partial charge in [-0.25, -0.2) is 0 Å². The van der Waals surface area contributed by atoms with E-state index in [0.29, 0.717) is 19.3 Å². The summed E-state index contributed by atoms with van der Waals surface area (Å²) in [6, 6.07) is 0. The van der Waals surface area contributed by atoms with E-state index in [1.807, 2.05) is 0 Å². The van der Waals surface area contributed by atoms with Gasteiger partial charge >= 0.3 is 17.9 Å². The third-order valence-electron chi connectivity index (χ3n) is 16.3. The van der Waals surface area contributed by atoms with E-state index in [0.717, 1.165) is 77.0 Å². The first-order valence-electron chi connectivity index (χ1n) is 36.1. The van der Waals surface area contributed by atoms with E-state index in [1.54, 1.807) is 0 Å². The first-order chi connectivity index (χ1) is 40.0. The fourth-order valence-corrected chi connectivity index (χ4v) is 10.8. The van der Waals surface area contributed by atoms with Crippen molar-refractivity contribution in [2.24, 2.45) is 0 Å². The smallest absolute Gasteiger partial charge is 0.306 e. The van der Waals surface area contributed by atoms with Crippen LogP contribution in [0.4, 0.5) is 0 Å². The van der Waals surface area contributed by atoms with E-state index in [4.69, 9.17) is 14.2 Å². The Hall–Kier alpha value is -2.63. The SMILES string of the molecule is CCCCCC/C=C\C/C=C\CCCCCCCCCC(=O)OC(COC(=O)CCCCCCC/C=C\CCCCCCC)COC(=O)CCCCCCCCCCCCCCCCCCCCC/C=C\CCCCCCCCCC. The zero-order valence-electron chi connectivity index (χ0n) is 54.6. The summed E-state index contributed by atoms with van der Waals surface area (Å²) in [6.07, 6.45) is 88.7. The van der Waals surface area contributed by atoms with Crippen molar-refractivity contribution in [2.45, 2.75) is 399 Å². The van der Waals surface area contributed by atoms with Gasteiger partial charge in [0.05, 0.1) is 0 Å². The summed E-state index contributed by atoms with van der Waals surface area (Å²) in [5.74, 6) is -0.867. The van der Waals surface area contributed by atoms with E-state index < -0.39 is 6.10 Å². The van der Waals surface area contributed by atoms with Crippen LogP contribution < -0.4 is 0 Å². The second-order valence-electron chi connectivity index (χ2n) is 24.5. The minimum Gasteiger partial charge on any atom is -0.462 e. The van der Waals surface area contributed by atoms with Crippen LogP contribution in [0.5, 0.6) is 0 Å². The van der Waals surface area contributed by atoms with Gasteiger partial charge in [-0.1, -0.05) is 320 Å². The maximum atomic E-state index is 12.9. The van der Waals surface area contributed by atoms with Crippen molar-refractivity contribution in [3.05, 3.63) is 48.6 Å². The second kappa shape index (κ2) is 69.9. The zero-order valence-corrected chi connectivity index (χ0v) is 54.6. The second-order valence-corrected chi connectivity index (χ2v) is 24.5. The summed E-state index contributed by atoms with van der Waals surface area (Å²) in [5.41, 5.74) is 0. The standard InChI is InChI=1S/C75H138O6/c1-4-7-10-13-16-19-22-25-28-30-32-33-34-35-36-37-38-39-40-41-42-43-44-46-47-50-53-56-59-62-65-68-74(77)80-71-72(70-79-73(76)67-64-61-58-55-52-49-27-24-21-18-15-12-9-6-3)81-75(78)69-66-63-60-57-54-51-48-45-31-29-26-23-20-17-14-11-8-5-2/h20,23-24,27,29-32,72H,4-19,21-22,25-26,28,33-71H2,1-3H3/b23-20-,27-24-,31-29-,32-30-. The van der Waals surface area contributed by atoms with Gasteiger partial charge in [-0.3, -0.25) is 14.4 Å². The molecule has 81 heavy (non-hydrogen) atoms. The number of carbonyl (C=O) groups excluding carboxylic acids is 3. The molecule has 0 heterocycles. The number of esters is 3. The third-order valence-corrected chi connectivity index (χ3v) is 16.3. The van der Waals surface area contributed by atoms with Crippen LogP contribution in [0.15, 0.2) is 48.6 Å². The summed E-state index contributed by atoms with van der Waals surface area (Å²) in [6.45, 7) is 6.66. The number of carbonyl (C=O) groups is 3. The highest BCUT2D eigenvalue weighted by Gasteiger charge is 2.19. The number of hydrogen-bond donors (Lipinski definition) is 0. The molecule has 6 heteroatoms. The van der Waals surface area contributed by atoms with Crippen LogP contribution in [0.2, 0.25) is 0 Å². The van der Waals surface area contributed by atoms with Gasteiger partial charge in [0.15, 0.2) is 6.10 Å². The Morgan fingerprint density at radius 1 is 0.247 bits per heavy atom. The molecule has 1 atom stereocenters. The van der Waals surface area contributed by atoms with Crippen LogP contribution in [-0.4, -0.2) is 37.2 Å². The molecule has 0 bridgehead atoms. The van der Waals surface area contributed by atoms with Gasteiger partial charge in [-0.2, -0.15) is 0 Å². The Labute approximate surface area is 505 Å². The largest absolute Gasteiger partial charge is 0.462 e. The lowest BCUT2D eigenvalue weighted by atomic mass is 10.0. The average molecular weight is 1140 g/mol. The van der Waals surface area contributed by atoms with Crippen LogP contribution in [-0.2, 0) is 28.6 Å². The Morgan fingerprint density at radius 3 is 0.704 bits per heavy atom. The molecule has 0 aromatic rings. The highest BCUT2D eigenvalue weighted by molar-refractivity contribution is 5.71. The molecule has 474 valence electrons. The van der Waals surface area contributed by atoms with E-state index in [2.05, 4.69) is 69.4 Å². The number of ether oxygens (including phenoxy) is 3. The van der Waals surface area contributed by atoms with Gasteiger partial charge in [0.2, 0.25) is 0 Å². The monoisotopic (exact) mass is 1140 g/mol. The van der Waals surface area contributed by atoms with E-state index >= 15 is 0 Å². The highest BCUT2D eigenvalue weighted by atomic mass is 16.6. The molecule has 0 saturated carbocycles. The number of rotatable bonds is 67. The predicted octanol–water partition coefficient (Wildman–Crippen LogP) is 24.9. The van der Waals surface area contributed by atoms with Crippen molar-refractivity contribution in [3.8, 4) is 0 Å². The minimum atomic E-state index is -0.780. The van der Waals surface area contributed by atoms with Crippen LogP contribution in [0, 0.1) is 0 Å². The molecule has 0 aliphatic rings. The van der Waals surface area contributed by atoms with E-state index in [1.165, 1.54) is 276 Å². The highest BCUT2D eigenvalue weighted by Crippen LogP contribution is 2.18. The molecule has 0 saturated heterocycles. The molecule has 0 aliphatic carbocycles. The van der Waals surface area contributed by atoms with Gasteiger partial charge in [0, 0.05) is 19.3 Å². The lowest BCUT2D eigenvalue weighted by molar-refractivity contribution is -0.167. The molecule has 0 amide bonds. The Balaban J connectivity index is 4.18. The van der Waals surface area contributed by atoms with Gasteiger partial charge in [-0.05, 0) is 103 Å². The molecule has 0 spiro atoms. The topological polar surface area (TPSA) is 78.9 Å². The first kappa shape index (κ1) is 78.4. The zero-order chi connectivity index (χ0) is 58.5. The van der Waals surface area contributed by atoms with Crippen molar-refractivity contribution >= 4 is 17.9 Å². The summed E-state index contributed by atoms with van der Waals surface area (Å²) >= 11 is 0. The van der Waals surface area contributed by atoms with Gasteiger partial charge in [-0.15, -0.1) is 0 Å². The maximum Gasteiger partial charge on any atom is 0.306 e. The summed E-state index contributed by atoms with van der Waals surface area (Å²) in [5, 5.41) is 0. The molecular formula is C75H138O6. The van der Waals surface area contributed by atoms with Crippen molar-refractivity contribution in [1.29, 1.82) is 0 Å². The molecule has 0 fully saturated rings. The molecule has 0 N–H and O–H groups in total. The molecule has 0 aromatic heterocycles. The number of hydrogen-bond acceptors (Lipinski definition) is 6. The van der Waals surface area contributed by atoms with Crippen LogP contribution in [0.25, 0.3) is 0 Å². The third kappa shape index (κ3) is 68.0. The minimum absolute atomic E-state index is 0.0752. The quantitative estimate of drug-likeness (QED) is 0.0261. The van der Waals surface area contributed by atoms with E-state index in [-0.39, 0.29) is 31.1 Å². The van der Waals surface area contributed by atoms with Crippen LogP contribution >= 0.6 is 0 Å². The fourth-order valence-electron chi connectivity index (χ4n) is 10.8. The Bertz CT molecular complexity index is 1400. The molecule has 0 radical (unpaired) electrons. The molecule has 1 unspecified atom stereocenters. The van der Waals surface area contributed by atoms with Crippen molar-refractivity contribution in [1.82, 2.24) is 0 Å². The number of allylic oxidation sites excluding steroid dienone is 8. The van der Waals surface area contributed by atoms with Crippen molar-refractivity contribution in [3.63, 3.8) is 0 Å². The Kier molecular flexibility index (Phi) is 67.6. The first-order valence-corrected chi connectivity index (χ1v) is 36.1. The van der Waals surface area contributed by atoms with E-state index in [9.17, 15) is 14.4 Å². The summed E-state index contributed by atoms with van der Waals surface area (Å²) < 4.78 is 17.0. The molecule has 0 rings (SSSR count). The van der Waals surface area contributed by atoms with Crippen molar-refractivity contribution in [2.75, 3.05) is 13.2 Å². The van der Waals surface area contributed by atoms with Crippen molar-refractivity contribution < 1.29 is 28.6 Å². The predicted molar refractivity (Wildman–Crippen MR) is 353 cm³/mol. The van der Waals surface area contributed by atoms with Gasteiger partial charge < -0.3 is 14.2 Å². The summed E-state index contributed by atoms with van der Waals surface area (Å²) in [7, 11) is 0. The van der Waals surface area contributed by atoms with Gasteiger partial charge in [0.1, 0.15) is 13.2 Å². The lowest BCUT2D eigenvalue weighted by Gasteiger charge is -2.18. The Morgan fingerprint density at radius 2 is 0.444 bits per heavy atom. The molecular weight excluding hydrogens is 997 g/mol. The fraction of sp³-hybridized carbons (Fsp3) is 0.853. The molecule has 0 aromatic carbocycles. The average Bonchev–Trinajstić information content (AvgIpc) is 3.47. The maximum absolute atomic E-state index is 12.9.